The molecule has 0 saturated heterocycles. The van der Waals surface area contributed by atoms with Gasteiger partial charge in [-0.25, -0.2) is 9.97 Å². The third-order valence-corrected chi connectivity index (χ3v) is 4.20. The Morgan fingerprint density at radius 1 is 1.14 bits per heavy atom. The second kappa shape index (κ2) is 6.18. The van der Waals surface area contributed by atoms with Gasteiger partial charge in [-0.3, -0.25) is 0 Å². The summed E-state index contributed by atoms with van der Waals surface area (Å²) < 4.78 is 4.20. The average molecular weight is 298 g/mol. The first-order valence-electron chi connectivity index (χ1n) is 6.97. The molecule has 3 rings (SSSR count). The van der Waals surface area contributed by atoms with E-state index in [0.717, 1.165) is 30.2 Å². The minimum absolute atomic E-state index is 0.763. The normalized spacial score (nSPS) is 11.0. The van der Waals surface area contributed by atoms with Crippen LogP contribution in [0.1, 0.15) is 18.4 Å². The molecule has 0 aliphatic rings. The summed E-state index contributed by atoms with van der Waals surface area (Å²) in [4.78, 5) is 10.1. The molecule has 2 aromatic heterocycles. The Morgan fingerprint density at radius 2 is 1.95 bits per heavy atom. The summed E-state index contributed by atoms with van der Waals surface area (Å²) in [7, 11) is 0. The predicted octanol–water partition coefficient (Wildman–Crippen LogP) is 3.40. The van der Waals surface area contributed by atoms with Crippen LogP contribution in [0, 0.1) is 0 Å². The van der Waals surface area contributed by atoms with Crippen molar-refractivity contribution in [1.82, 2.24) is 19.1 Å². The van der Waals surface area contributed by atoms with Gasteiger partial charge in [-0.1, -0.05) is 6.92 Å². The Kier molecular flexibility index (Phi) is 4.10. The molecule has 0 aliphatic heterocycles. The average Bonchev–Trinajstić information content (AvgIpc) is 3.17. The standard InChI is InChI=1S/C16H18N4S/c1-3-16-17-8-9-19(16)10-13-11-20(12-18-13)14-4-6-15(21-2)7-5-14/h4-9,11-12H,3,10H2,1-2H3. The second-order valence-electron chi connectivity index (χ2n) is 4.80. The van der Waals surface area contributed by atoms with Crippen molar-refractivity contribution < 1.29 is 0 Å². The van der Waals surface area contributed by atoms with Crippen LogP contribution in [0.5, 0.6) is 0 Å². The van der Waals surface area contributed by atoms with Crippen LogP contribution in [0.3, 0.4) is 0 Å². The number of nitrogens with zero attached hydrogens (tertiary/aromatic N) is 4. The third kappa shape index (κ3) is 3.03. The third-order valence-electron chi connectivity index (χ3n) is 3.46. The summed E-state index contributed by atoms with van der Waals surface area (Å²) in [5.74, 6) is 1.09. The van der Waals surface area contributed by atoms with Gasteiger partial charge in [-0.15, -0.1) is 11.8 Å². The largest absolute Gasteiger partial charge is 0.329 e. The molecule has 0 saturated carbocycles. The van der Waals surface area contributed by atoms with Crippen molar-refractivity contribution in [1.29, 1.82) is 0 Å². The lowest BCUT2D eigenvalue weighted by molar-refractivity contribution is 0.719. The van der Waals surface area contributed by atoms with E-state index in [4.69, 9.17) is 0 Å². The lowest BCUT2D eigenvalue weighted by Crippen LogP contribution is -2.03. The van der Waals surface area contributed by atoms with E-state index >= 15 is 0 Å². The van der Waals surface area contributed by atoms with Gasteiger partial charge in [-0.05, 0) is 30.5 Å². The Balaban J connectivity index is 1.79. The molecule has 4 nitrogen and oxygen atoms in total. The zero-order chi connectivity index (χ0) is 14.7. The summed E-state index contributed by atoms with van der Waals surface area (Å²) in [5.41, 5.74) is 2.17. The maximum absolute atomic E-state index is 4.49. The van der Waals surface area contributed by atoms with Gasteiger partial charge >= 0.3 is 0 Å². The van der Waals surface area contributed by atoms with E-state index in [0.29, 0.717) is 0 Å². The molecular weight excluding hydrogens is 280 g/mol. The van der Waals surface area contributed by atoms with Crippen molar-refractivity contribution in [3.05, 3.63) is 60.7 Å². The molecule has 2 heterocycles. The lowest BCUT2D eigenvalue weighted by atomic mass is 10.3. The summed E-state index contributed by atoms with van der Waals surface area (Å²) in [6, 6.07) is 8.49. The van der Waals surface area contributed by atoms with Crippen molar-refractivity contribution >= 4 is 11.8 Å². The molecule has 0 amide bonds. The molecule has 0 aliphatic carbocycles. The SMILES string of the molecule is CCc1nccn1Cc1cn(-c2ccc(SC)cc2)cn1. The molecule has 3 aromatic rings. The molecule has 0 atom stereocenters. The number of rotatable bonds is 5. The van der Waals surface area contributed by atoms with Gasteiger partial charge in [0.05, 0.1) is 18.6 Å². The van der Waals surface area contributed by atoms with Crippen LogP contribution in [-0.2, 0) is 13.0 Å². The number of aryl methyl sites for hydroxylation is 1. The topological polar surface area (TPSA) is 35.6 Å². The van der Waals surface area contributed by atoms with Gasteiger partial charge in [0.2, 0.25) is 0 Å². The van der Waals surface area contributed by atoms with Crippen LogP contribution < -0.4 is 0 Å². The van der Waals surface area contributed by atoms with Crippen LogP contribution in [0.2, 0.25) is 0 Å². The Hall–Kier alpha value is -2.01. The molecule has 0 N–H and O–H groups in total. The summed E-state index contributed by atoms with van der Waals surface area (Å²) in [6.07, 6.45) is 10.8. The number of benzene rings is 1. The van der Waals surface area contributed by atoms with Crippen LogP contribution >= 0.6 is 11.8 Å². The first-order valence-corrected chi connectivity index (χ1v) is 8.20. The van der Waals surface area contributed by atoms with E-state index in [1.54, 1.807) is 11.8 Å². The van der Waals surface area contributed by atoms with Crippen LogP contribution in [-0.4, -0.2) is 25.4 Å². The summed E-state index contributed by atoms with van der Waals surface area (Å²) in [6.45, 7) is 2.88. The van der Waals surface area contributed by atoms with E-state index in [2.05, 4.69) is 62.7 Å². The van der Waals surface area contributed by atoms with Crippen LogP contribution in [0.25, 0.3) is 5.69 Å². The minimum Gasteiger partial charge on any atom is -0.329 e. The second-order valence-corrected chi connectivity index (χ2v) is 5.67. The van der Waals surface area contributed by atoms with E-state index in [-0.39, 0.29) is 0 Å². The van der Waals surface area contributed by atoms with Crippen molar-refractivity contribution in [2.75, 3.05) is 6.26 Å². The monoisotopic (exact) mass is 298 g/mol. The summed E-state index contributed by atoms with van der Waals surface area (Å²) >= 11 is 1.75. The number of imidazole rings is 2. The first-order chi connectivity index (χ1) is 10.3. The lowest BCUT2D eigenvalue weighted by Gasteiger charge is -2.04. The zero-order valence-corrected chi connectivity index (χ0v) is 13.0. The fourth-order valence-corrected chi connectivity index (χ4v) is 2.72. The highest BCUT2D eigenvalue weighted by molar-refractivity contribution is 7.98. The summed E-state index contributed by atoms with van der Waals surface area (Å²) in [5, 5.41) is 0. The Morgan fingerprint density at radius 3 is 2.67 bits per heavy atom. The van der Waals surface area contributed by atoms with Gasteiger partial charge in [0.15, 0.2) is 0 Å². The maximum Gasteiger partial charge on any atom is 0.108 e. The molecule has 0 unspecified atom stereocenters. The van der Waals surface area contributed by atoms with E-state index < -0.39 is 0 Å². The molecule has 1 aromatic carbocycles. The van der Waals surface area contributed by atoms with Crippen LogP contribution in [0.4, 0.5) is 0 Å². The fraction of sp³-hybridized carbons (Fsp3) is 0.250. The molecule has 21 heavy (non-hydrogen) atoms. The first kappa shape index (κ1) is 13.9. The fourth-order valence-electron chi connectivity index (χ4n) is 2.31. The predicted molar refractivity (Wildman–Crippen MR) is 86.1 cm³/mol. The molecule has 0 spiro atoms. The molecule has 108 valence electrons. The Bertz CT molecular complexity index is 712. The van der Waals surface area contributed by atoms with Crippen LogP contribution in [0.15, 0.2) is 54.1 Å². The van der Waals surface area contributed by atoms with Gasteiger partial charge in [0, 0.05) is 35.6 Å². The Labute approximate surface area is 128 Å². The number of thioether (sulfide) groups is 1. The number of aromatic nitrogens is 4. The molecule has 0 fully saturated rings. The van der Waals surface area contributed by atoms with Gasteiger partial charge in [0.1, 0.15) is 5.82 Å². The van der Waals surface area contributed by atoms with Gasteiger partial charge in [0.25, 0.3) is 0 Å². The van der Waals surface area contributed by atoms with Gasteiger partial charge < -0.3 is 9.13 Å². The molecular formula is C16H18N4S. The van der Waals surface area contributed by atoms with E-state index in [9.17, 15) is 0 Å². The quantitative estimate of drug-likeness (QED) is 0.677. The minimum atomic E-state index is 0.763. The smallest absolute Gasteiger partial charge is 0.108 e. The maximum atomic E-state index is 4.49. The van der Waals surface area contributed by atoms with Crippen molar-refractivity contribution in [3.63, 3.8) is 0 Å². The highest BCUT2D eigenvalue weighted by Gasteiger charge is 2.05. The van der Waals surface area contributed by atoms with Crippen molar-refractivity contribution in [3.8, 4) is 5.69 Å². The highest BCUT2D eigenvalue weighted by atomic mass is 32.2. The molecule has 0 radical (unpaired) electrons. The van der Waals surface area contributed by atoms with Gasteiger partial charge in [-0.2, -0.15) is 0 Å². The number of hydrogen-bond donors (Lipinski definition) is 0. The zero-order valence-electron chi connectivity index (χ0n) is 12.2. The molecule has 5 heteroatoms. The number of hydrogen-bond acceptors (Lipinski definition) is 3. The van der Waals surface area contributed by atoms with E-state index in [1.807, 2.05) is 18.7 Å². The molecule has 0 bridgehead atoms. The highest BCUT2D eigenvalue weighted by Crippen LogP contribution is 2.17. The van der Waals surface area contributed by atoms with E-state index in [1.165, 1.54) is 4.90 Å². The van der Waals surface area contributed by atoms with Crippen molar-refractivity contribution in [2.24, 2.45) is 0 Å². The van der Waals surface area contributed by atoms with Crippen molar-refractivity contribution in [2.45, 2.75) is 24.8 Å².